The second kappa shape index (κ2) is 7.76. The number of hydrogen-bond acceptors (Lipinski definition) is 2. The topological polar surface area (TPSA) is 32.3 Å². The van der Waals surface area contributed by atoms with Crippen molar-refractivity contribution in [2.75, 3.05) is 13.6 Å². The fourth-order valence-corrected chi connectivity index (χ4v) is 2.34. The van der Waals surface area contributed by atoms with Gasteiger partial charge >= 0.3 is 0 Å². The predicted octanol–water partition coefficient (Wildman–Crippen LogP) is 3.05. The monoisotopic (exact) mass is 296 g/mol. The van der Waals surface area contributed by atoms with E-state index in [1.165, 1.54) is 16.7 Å². The summed E-state index contributed by atoms with van der Waals surface area (Å²) < 4.78 is 0. The van der Waals surface area contributed by atoms with Gasteiger partial charge in [0.1, 0.15) is 0 Å². The lowest BCUT2D eigenvalue weighted by Crippen LogP contribution is -2.34. The van der Waals surface area contributed by atoms with Gasteiger partial charge in [-0.1, -0.05) is 54.1 Å². The molecule has 116 valence electrons. The van der Waals surface area contributed by atoms with Gasteiger partial charge in [0.05, 0.1) is 6.54 Å². The summed E-state index contributed by atoms with van der Waals surface area (Å²) in [5, 5.41) is 2.97. The molecule has 1 amide bonds. The molecule has 0 aromatic heterocycles. The Labute approximate surface area is 133 Å². The quantitative estimate of drug-likeness (QED) is 0.888. The number of carbonyl (C=O) groups is 1. The van der Waals surface area contributed by atoms with Crippen LogP contribution in [0.1, 0.15) is 22.3 Å². The van der Waals surface area contributed by atoms with E-state index in [1.54, 1.807) is 0 Å². The predicted molar refractivity (Wildman–Crippen MR) is 90.5 cm³/mol. The van der Waals surface area contributed by atoms with Crippen LogP contribution in [0.25, 0.3) is 0 Å². The van der Waals surface area contributed by atoms with Gasteiger partial charge in [0.25, 0.3) is 0 Å². The highest BCUT2D eigenvalue weighted by atomic mass is 16.2. The molecule has 0 aliphatic carbocycles. The molecule has 3 nitrogen and oxygen atoms in total. The molecule has 0 fully saturated rings. The van der Waals surface area contributed by atoms with Crippen LogP contribution in [-0.4, -0.2) is 24.4 Å². The van der Waals surface area contributed by atoms with Crippen molar-refractivity contribution in [2.24, 2.45) is 0 Å². The Hall–Kier alpha value is -2.13. The molecule has 0 unspecified atom stereocenters. The van der Waals surface area contributed by atoms with E-state index in [9.17, 15) is 4.79 Å². The second-order valence-corrected chi connectivity index (χ2v) is 5.86. The van der Waals surface area contributed by atoms with E-state index < -0.39 is 0 Å². The molecule has 0 heterocycles. The van der Waals surface area contributed by atoms with Crippen LogP contribution in [0.2, 0.25) is 0 Å². The Morgan fingerprint density at radius 2 is 1.73 bits per heavy atom. The van der Waals surface area contributed by atoms with Crippen LogP contribution >= 0.6 is 0 Å². The lowest BCUT2D eigenvalue weighted by molar-refractivity contribution is -0.122. The van der Waals surface area contributed by atoms with Gasteiger partial charge in [0.2, 0.25) is 5.91 Å². The van der Waals surface area contributed by atoms with Crippen LogP contribution in [0.5, 0.6) is 0 Å². The fourth-order valence-electron chi connectivity index (χ4n) is 2.34. The molecule has 0 atom stereocenters. The van der Waals surface area contributed by atoms with Gasteiger partial charge in [-0.25, -0.2) is 0 Å². The van der Waals surface area contributed by atoms with E-state index in [2.05, 4.69) is 43.4 Å². The smallest absolute Gasteiger partial charge is 0.234 e. The molecule has 0 spiro atoms. The number of amides is 1. The molecular weight excluding hydrogens is 272 g/mol. The third-order valence-corrected chi connectivity index (χ3v) is 3.73. The Morgan fingerprint density at radius 3 is 2.41 bits per heavy atom. The SMILES string of the molecule is Cc1ccc(CNC(=O)CN(C)Cc2ccccc2C)cc1. The van der Waals surface area contributed by atoms with Gasteiger partial charge in [-0.05, 0) is 37.6 Å². The summed E-state index contributed by atoms with van der Waals surface area (Å²) in [6.45, 7) is 5.92. The maximum Gasteiger partial charge on any atom is 0.234 e. The van der Waals surface area contributed by atoms with Gasteiger partial charge in [-0.2, -0.15) is 0 Å². The number of rotatable bonds is 6. The molecule has 2 aromatic rings. The highest BCUT2D eigenvalue weighted by Gasteiger charge is 2.08. The zero-order valence-corrected chi connectivity index (χ0v) is 13.6. The Kier molecular flexibility index (Phi) is 5.73. The molecular formula is C19H24N2O. The summed E-state index contributed by atoms with van der Waals surface area (Å²) in [5.41, 5.74) is 4.87. The van der Waals surface area contributed by atoms with Crippen molar-refractivity contribution in [2.45, 2.75) is 26.9 Å². The largest absolute Gasteiger partial charge is 0.351 e. The van der Waals surface area contributed by atoms with Crippen LogP contribution in [0.4, 0.5) is 0 Å². The van der Waals surface area contributed by atoms with Gasteiger partial charge in [0, 0.05) is 13.1 Å². The molecule has 2 aromatic carbocycles. The summed E-state index contributed by atoms with van der Waals surface area (Å²) in [4.78, 5) is 14.1. The summed E-state index contributed by atoms with van der Waals surface area (Å²) in [6.07, 6.45) is 0. The van der Waals surface area contributed by atoms with E-state index in [4.69, 9.17) is 0 Å². The van der Waals surface area contributed by atoms with Crippen molar-refractivity contribution in [1.29, 1.82) is 0 Å². The number of hydrogen-bond donors (Lipinski definition) is 1. The van der Waals surface area contributed by atoms with Gasteiger partial charge in [-0.15, -0.1) is 0 Å². The number of benzene rings is 2. The summed E-state index contributed by atoms with van der Waals surface area (Å²) in [5.74, 6) is 0.0525. The molecule has 22 heavy (non-hydrogen) atoms. The second-order valence-electron chi connectivity index (χ2n) is 5.86. The van der Waals surface area contributed by atoms with Crippen molar-refractivity contribution in [3.05, 3.63) is 70.8 Å². The zero-order chi connectivity index (χ0) is 15.9. The minimum atomic E-state index is 0.0525. The Balaban J connectivity index is 1.79. The van der Waals surface area contributed by atoms with Crippen LogP contribution in [0.3, 0.4) is 0 Å². The minimum Gasteiger partial charge on any atom is -0.351 e. The maximum atomic E-state index is 12.0. The minimum absolute atomic E-state index is 0.0525. The highest BCUT2D eigenvalue weighted by Crippen LogP contribution is 2.09. The number of nitrogens with one attached hydrogen (secondary N) is 1. The molecule has 0 saturated carbocycles. The molecule has 0 aliphatic rings. The average molecular weight is 296 g/mol. The molecule has 0 saturated heterocycles. The Bertz CT molecular complexity index is 620. The van der Waals surface area contributed by atoms with E-state index in [-0.39, 0.29) is 5.91 Å². The van der Waals surface area contributed by atoms with E-state index >= 15 is 0 Å². The third-order valence-electron chi connectivity index (χ3n) is 3.73. The van der Waals surface area contributed by atoms with Crippen LogP contribution in [0.15, 0.2) is 48.5 Å². The van der Waals surface area contributed by atoms with Crippen molar-refractivity contribution < 1.29 is 4.79 Å². The standard InChI is InChI=1S/C19H24N2O/c1-15-8-10-17(11-9-15)12-20-19(22)14-21(3)13-18-7-5-4-6-16(18)2/h4-11H,12-14H2,1-3H3,(H,20,22). The van der Waals surface area contributed by atoms with Crippen LogP contribution < -0.4 is 5.32 Å². The first-order chi connectivity index (χ1) is 10.5. The summed E-state index contributed by atoms with van der Waals surface area (Å²) in [6, 6.07) is 16.5. The third kappa shape index (κ3) is 5.01. The Morgan fingerprint density at radius 1 is 1.05 bits per heavy atom. The number of aryl methyl sites for hydroxylation is 2. The van der Waals surface area contributed by atoms with Crippen molar-refractivity contribution in [1.82, 2.24) is 10.2 Å². The van der Waals surface area contributed by atoms with Crippen LogP contribution in [0, 0.1) is 13.8 Å². The van der Waals surface area contributed by atoms with Gasteiger partial charge < -0.3 is 5.32 Å². The van der Waals surface area contributed by atoms with Crippen molar-refractivity contribution >= 4 is 5.91 Å². The fraction of sp³-hybridized carbons (Fsp3) is 0.316. The lowest BCUT2D eigenvalue weighted by Gasteiger charge is -2.17. The van der Waals surface area contributed by atoms with E-state index in [1.807, 2.05) is 36.2 Å². The molecule has 0 aliphatic heterocycles. The normalized spacial score (nSPS) is 10.7. The zero-order valence-electron chi connectivity index (χ0n) is 13.6. The molecule has 1 N–H and O–H groups in total. The van der Waals surface area contributed by atoms with Gasteiger partial charge in [-0.3, -0.25) is 9.69 Å². The maximum absolute atomic E-state index is 12.0. The highest BCUT2D eigenvalue weighted by molar-refractivity contribution is 5.77. The van der Waals surface area contributed by atoms with Crippen molar-refractivity contribution in [3.8, 4) is 0 Å². The van der Waals surface area contributed by atoms with Crippen molar-refractivity contribution in [3.63, 3.8) is 0 Å². The first kappa shape index (κ1) is 16.2. The molecule has 2 rings (SSSR count). The van der Waals surface area contributed by atoms with E-state index in [0.717, 1.165) is 12.1 Å². The van der Waals surface area contributed by atoms with E-state index in [0.29, 0.717) is 13.1 Å². The number of nitrogens with zero attached hydrogens (tertiary/aromatic N) is 1. The summed E-state index contributed by atoms with van der Waals surface area (Å²) in [7, 11) is 1.97. The molecule has 0 radical (unpaired) electrons. The number of carbonyl (C=O) groups excluding carboxylic acids is 1. The first-order valence-corrected chi connectivity index (χ1v) is 7.60. The van der Waals surface area contributed by atoms with Crippen LogP contribution in [-0.2, 0) is 17.9 Å². The molecule has 0 bridgehead atoms. The lowest BCUT2D eigenvalue weighted by atomic mass is 10.1. The average Bonchev–Trinajstić information content (AvgIpc) is 2.49. The van der Waals surface area contributed by atoms with Gasteiger partial charge in [0.15, 0.2) is 0 Å². The first-order valence-electron chi connectivity index (χ1n) is 7.60. The summed E-state index contributed by atoms with van der Waals surface area (Å²) >= 11 is 0. The molecule has 3 heteroatoms. The number of likely N-dealkylation sites (N-methyl/N-ethyl adjacent to an activating group) is 1.